The first-order valence-corrected chi connectivity index (χ1v) is 7.05. The van der Waals surface area contributed by atoms with Crippen LogP contribution in [0.5, 0.6) is 5.75 Å². The van der Waals surface area contributed by atoms with Gasteiger partial charge in [-0.05, 0) is 47.6 Å². The molecule has 19 heavy (non-hydrogen) atoms. The third-order valence-corrected chi connectivity index (χ3v) is 3.08. The molecule has 102 valence electrons. The molecule has 2 rings (SSSR count). The predicted molar refractivity (Wildman–Crippen MR) is 79.0 cm³/mol. The summed E-state index contributed by atoms with van der Waals surface area (Å²) in [5, 5.41) is 4.24. The van der Waals surface area contributed by atoms with Crippen LogP contribution in [0.15, 0.2) is 41.1 Å². The van der Waals surface area contributed by atoms with Crippen molar-refractivity contribution in [2.24, 2.45) is 0 Å². The van der Waals surface area contributed by atoms with Crippen molar-refractivity contribution in [1.82, 2.24) is 14.7 Å². The summed E-state index contributed by atoms with van der Waals surface area (Å²) in [4.78, 5) is 2.20. The van der Waals surface area contributed by atoms with Gasteiger partial charge in [0.25, 0.3) is 0 Å². The highest BCUT2D eigenvalue weighted by Gasteiger charge is 2.03. The number of hydrogen-bond donors (Lipinski definition) is 0. The molecule has 0 amide bonds. The molecule has 1 aromatic heterocycles. The number of aromatic nitrogens is 2. The van der Waals surface area contributed by atoms with E-state index < -0.39 is 0 Å². The van der Waals surface area contributed by atoms with Crippen LogP contribution in [0, 0.1) is 0 Å². The second-order valence-corrected chi connectivity index (χ2v) is 5.35. The van der Waals surface area contributed by atoms with E-state index >= 15 is 0 Å². The first kappa shape index (κ1) is 14.1. The molecule has 0 saturated heterocycles. The SMILES string of the molecule is CCOc1ccc(CN(C)Cn2cc(Br)cn2)cc1. The van der Waals surface area contributed by atoms with Crippen LogP contribution >= 0.6 is 15.9 Å². The van der Waals surface area contributed by atoms with Crippen LogP contribution in [0.25, 0.3) is 0 Å². The van der Waals surface area contributed by atoms with Gasteiger partial charge in [0.15, 0.2) is 0 Å². The Hall–Kier alpha value is -1.33. The van der Waals surface area contributed by atoms with Crippen LogP contribution in [-0.4, -0.2) is 28.3 Å². The minimum absolute atomic E-state index is 0.702. The Balaban J connectivity index is 1.89. The molecule has 0 bridgehead atoms. The molecule has 0 radical (unpaired) electrons. The third kappa shape index (κ3) is 4.36. The van der Waals surface area contributed by atoms with Gasteiger partial charge in [0.05, 0.1) is 23.9 Å². The lowest BCUT2D eigenvalue weighted by Gasteiger charge is -2.16. The summed E-state index contributed by atoms with van der Waals surface area (Å²) in [6.45, 7) is 4.33. The van der Waals surface area contributed by atoms with Gasteiger partial charge in [-0.25, -0.2) is 0 Å². The van der Waals surface area contributed by atoms with E-state index in [0.29, 0.717) is 6.61 Å². The van der Waals surface area contributed by atoms with Crippen LogP contribution in [0.2, 0.25) is 0 Å². The molecule has 0 aliphatic rings. The number of halogens is 1. The first-order chi connectivity index (χ1) is 9.17. The highest BCUT2D eigenvalue weighted by atomic mass is 79.9. The number of nitrogens with zero attached hydrogens (tertiary/aromatic N) is 3. The van der Waals surface area contributed by atoms with Crippen LogP contribution in [0.1, 0.15) is 12.5 Å². The average Bonchev–Trinajstić information content (AvgIpc) is 2.77. The molecule has 0 unspecified atom stereocenters. The van der Waals surface area contributed by atoms with E-state index in [2.05, 4.69) is 45.1 Å². The molecule has 1 aromatic carbocycles. The maximum absolute atomic E-state index is 5.43. The fourth-order valence-electron chi connectivity index (χ4n) is 1.88. The first-order valence-electron chi connectivity index (χ1n) is 6.25. The molecule has 0 saturated carbocycles. The molecule has 0 N–H and O–H groups in total. The molecule has 0 aliphatic heterocycles. The smallest absolute Gasteiger partial charge is 0.119 e. The van der Waals surface area contributed by atoms with Gasteiger partial charge in [-0.15, -0.1) is 0 Å². The van der Waals surface area contributed by atoms with Gasteiger partial charge in [0.1, 0.15) is 5.75 Å². The van der Waals surface area contributed by atoms with E-state index in [0.717, 1.165) is 23.4 Å². The molecule has 0 fully saturated rings. The maximum atomic E-state index is 5.43. The zero-order valence-corrected chi connectivity index (χ0v) is 12.8. The molecule has 0 spiro atoms. The van der Waals surface area contributed by atoms with Crippen LogP contribution < -0.4 is 4.74 Å². The summed E-state index contributed by atoms with van der Waals surface area (Å²) in [7, 11) is 2.08. The molecule has 2 aromatic rings. The van der Waals surface area contributed by atoms with Gasteiger partial charge >= 0.3 is 0 Å². The van der Waals surface area contributed by atoms with E-state index in [1.54, 1.807) is 6.20 Å². The fraction of sp³-hybridized carbons (Fsp3) is 0.357. The van der Waals surface area contributed by atoms with Gasteiger partial charge in [-0.1, -0.05) is 12.1 Å². The van der Waals surface area contributed by atoms with E-state index in [1.165, 1.54) is 5.56 Å². The van der Waals surface area contributed by atoms with Gasteiger partial charge in [0, 0.05) is 12.7 Å². The highest BCUT2D eigenvalue weighted by molar-refractivity contribution is 9.10. The summed E-state index contributed by atoms with van der Waals surface area (Å²) < 4.78 is 8.33. The Bertz CT molecular complexity index is 510. The van der Waals surface area contributed by atoms with E-state index in [4.69, 9.17) is 4.74 Å². The van der Waals surface area contributed by atoms with Gasteiger partial charge in [-0.3, -0.25) is 9.58 Å². The van der Waals surface area contributed by atoms with E-state index in [-0.39, 0.29) is 0 Å². The number of rotatable bonds is 6. The van der Waals surface area contributed by atoms with Gasteiger partial charge in [0.2, 0.25) is 0 Å². The van der Waals surface area contributed by atoms with Crippen molar-refractivity contribution in [3.05, 3.63) is 46.7 Å². The van der Waals surface area contributed by atoms with E-state index in [1.807, 2.05) is 29.9 Å². The number of benzene rings is 1. The van der Waals surface area contributed by atoms with Gasteiger partial charge < -0.3 is 4.74 Å². The quantitative estimate of drug-likeness (QED) is 0.818. The lowest BCUT2D eigenvalue weighted by Crippen LogP contribution is -2.21. The molecule has 0 atom stereocenters. The summed E-state index contributed by atoms with van der Waals surface area (Å²) in [5.74, 6) is 0.921. The normalized spacial score (nSPS) is 10.9. The van der Waals surface area contributed by atoms with Crippen molar-refractivity contribution in [3.63, 3.8) is 0 Å². The minimum atomic E-state index is 0.702. The molecule has 4 nitrogen and oxygen atoms in total. The Kier molecular flexibility index (Phi) is 4.99. The van der Waals surface area contributed by atoms with Crippen molar-refractivity contribution in [2.45, 2.75) is 20.1 Å². The topological polar surface area (TPSA) is 30.3 Å². The molecular formula is C14H18BrN3O. The standard InChI is InChI=1S/C14H18BrN3O/c1-3-19-14-6-4-12(5-7-14)9-17(2)11-18-10-13(15)8-16-18/h4-8,10H,3,9,11H2,1-2H3. The molecule has 5 heteroatoms. The van der Waals surface area contributed by atoms with Crippen LogP contribution in [-0.2, 0) is 13.2 Å². The zero-order chi connectivity index (χ0) is 13.7. The molecule has 1 heterocycles. The number of hydrogen-bond acceptors (Lipinski definition) is 3. The van der Waals surface area contributed by atoms with Crippen molar-refractivity contribution in [1.29, 1.82) is 0 Å². The summed E-state index contributed by atoms with van der Waals surface area (Å²) in [5.41, 5.74) is 1.26. The lowest BCUT2D eigenvalue weighted by atomic mass is 10.2. The molecular weight excluding hydrogens is 306 g/mol. The second-order valence-electron chi connectivity index (χ2n) is 4.43. The monoisotopic (exact) mass is 323 g/mol. The predicted octanol–water partition coefficient (Wildman–Crippen LogP) is 3.13. The van der Waals surface area contributed by atoms with Crippen molar-refractivity contribution < 1.29 is 4.74 Å². The molecule has 0 aliphatic carbocycles. The lowest BCUT2D eigenvalue weighted by molar-refractivity contribution is 0.246. The average molecular weight is 324 g/mol. The Labute approximate surface area is 122 Å². The fourth-order valence-corrected chi connectivity index (χ4v) is 2.21. The largest absolute Gasteiger partial charge is 0.494 e. The maximum Gasteiger partial charge on any atom is 0.119 e. The summed E-state index contributed by atoms with van der Waals surface area (Å²) in [6, 6.07) is 8.22. The van der Waals surface area contributed by atoms with Crippen LogP contribution in [0.3, 0.4) is 0 Å². The van der Waals surface area contributed by atoms with Crippen LogP contribution in [0.4, 0.5) is 0 Å². The highest BCUT2D eigenvalue weighted by Crippen LogP contribution is 2.13. The van der Waals surface area contributed by atoms with Crippen molar-refractivity contribution >= 4 is 15.9 Å². The van der Waals surface area contributed by atoms with E-state index in [9.17, 15) is 0 Å². The van der Waals surface area contributed by atoms with Crippen molar-refractivity contribution in [3.8, 4) is 5.75 Å². The minimum Gasteiger partial charge on any atom is -0.494 e. The van der Waals surface area contributed by atoms with Crippen molar-refractivity contribution in [2.75, 3.05) is 13.7 Å². The summed E-state index contributed by atoms with van der Waals surface area (Å²) >= 11 is 3.40. The number of ether oxygens (including phenoxy) is 1. The van der Waals surface area contributed by atoms with Gasteiger partial charge in [-0.2, -0.15) is 5.10 Å². The zero-order valence-electron chi connectivity index (χ0n) is 11.2. The Morgan fingerprint density at radius 2 is 2.05 bits per heavy atom. The third-order valence-electron chi connectivity index (χ3n) is 2.67. The summed E-state index contributed by atoms with van der Waals surface area (Å²) in [6.07, 6.45) is 3.76. The second kappa shape index (κ2) is 6.73. The Morgan fingerprint density at radius 3 is 2.63 bits per heavy atom. The Morgan fingerprint density at radius 1 is 1.32 bits per heavy atom.